The maximum Gasteiger partial charge on any atom is 0.193 e. The van der Waals surface area contributed by atoms with Gasteiger partial charge in [-0.3, -0.25) is 4.79 Å². The molecule has 0 fully saturated rings. The Balaban J connectivity index is 2.45. The Morgan fingerprint density at radius 1 is 0.962 bits per heavy atom. The predicted octanol–water partition coefficient (Wildman–Crippen LogP) is 4.09. The summed E-state index contributed by atoms with van der Waals surface area (Å²) in [5, 5.41) is 10.4. The first-order valence-electron chi connectivity index (χ1n) is 7.54. The quantitative estimate of drug-likeness (QED) is 0.534. The first-order valence-corrected chi connectivity index (χ1v) is 8.34. The van der Waals surface area contributed by atoms with E-state index in [1.165, 1.54) is 33.5 Å². The van der Waals surface area contributed by atoms with Crippen LogP contribution in [-0.2, 0) is 0 Å². The van der Waals surface area contributed by atoms with Crippen LogP contribution in [0, 0.1) is 0 Å². The van der Waals surface area contributed by atoms with Crippen molar-refractivity contribution in [1.82, 2.24) is 0 Å². The van der Waals surface area contributed by atoms with Gasteiger partial charge in [-0.15, -0.1) is 0 Å². The summed E-state index contributed by atoms with van der Waals surface area (Å²) < 4.78 is 21.1. The van der Waals surface area contributed by atoms with Crippen LogP contribution in [0.15, 0.2) is 34.8 Å². The number of carbonyl (C=O) groups is 1. The van der Waals surface area contributed by atoms with Crippen molar-refractivity contribution in [3.63, 3.8) is 0 Å². The van der Waals surface area contributed by atoms with Crippen molar-refractivity contribution in [2.24, 2.45) is 0 Å². The van der Waals surface area contributed by atoms with E-state index in [-0.39, 0.29) is 21.5 Å². The first-order chi connectivity index (χ1) is 12.5. The molecule has 2 aromatic carbocycles. The van der Waals surface area contributed by atoms with E-state index in [1.807, 2.05) is 0 Å². The summed E-state index contributed by atoms with van der Waals surface area (Å²) in [5.41, 5.74) is 0.685. The topological polar surface area (TPSA) is 74.2 Å². The van der Waals surface area contributed by atoms with E-state index in [2.05, 4.69) is 15.9 Å². The fourth-order valence-corrected chi connectivity index (χ4v) is 2.84. The van der Waals surface area contributed by atoms with Gasteiger partial charge in [0.25, 0.3) is 0 Å². The molecule has 138 valence electrons. The molecule has 0 amide bonds. The molecule has 0 aliphatic heterocycles. The molecule has 0 atom stereocenters. The van der Waals surface area contributed by atoms with Crippen LogP contribution in [0.1, 0.15) is 15.9 Å². The molecule has 0 heterocycles. The highest BCUT2D eigenvalue weighted by Crippen LogP contribution is 2.42. The monoisotopic (exact) mass is 422 g/mol. The van der Waals surface area contributed by atoms with Gasteiger partial charge < -0.3 is 24.1 Å². The molecule has 0 aliphatic carbocycles. The Morgan fingerprint density at radius 3 is 2.19 bits per heavy atom. The molecule has 2 aromatic rings. The molecule has 6 nitrogen and oxygen atoms in total. The number of ketones is 1. The third kappa shape index (κ3) is 3.94. The number of methoxy groups -OCH3 is 4. The highest BCUT2D eigenvalue weighted by Gasteiger charge is 2.21. The van der Waals surface area contributed by atoms with E-state index < -0.39 is 5.78 Å². The number of aromatic hydroxyl groups is 1. The smallest absolute Gasteiger partial charge is 0.193 e. The summed E-state index contributed by atoms with van der Waals surface area (Å²) in [6, 6.07) is 6.76. The van der Waals surface area contributed by atoms with Crippen LogP contribution in [0.5, 0.6) is 28.7 Å². The van der Waals surface area contributed by atoms with Crippen molar-refractivity contribution in [3.8, 4) is 28.7 Å². The summed E-state index contributed by atoms with van der Waals surface area (Å²) in [6.45, 7) is 0. The molecule has 7 heteroatoms. The van der Waals surface area contributed by atoms with Gasteiger partial charge in [-0.25, -0.2) is 0 Å². The SMILES string of the molecule is COc1ccc(OC)c(/C=C/C(=O)c2c(OC)cc(OC)c(Br)c2O)c1. The Bertz CT molecular complexity index is 844. The lowest BCUT2D eigenvalue weighted by atomic mass is 10.1. The zero-order valence-corrected chi connectivity index (χ0v) is 16.4. The van der Waals surface area contributed by atoms with Crippen LogP contribution < -0.4 is 18.9 Å². The van der Waals surface area contributed by atoms with Gasteiger partial charge in [0, 0.05) is 11.6 Å². The molecule has 1 N–H and O–H groups in total. The largest absolute Gasteiger partial charge is 0.506 e. The minimum atomic E-state index is -0.437. The van der Waals surface area contributed by atoms with Crippen LogP contribution in [0.3, 0.4) is 0 Å². The van der Waals surface area contributed by atoms with E-state index in [9.17, 15) is 9.90 Å². The minimum absolute atomic E-state index is 0.0262. The van der Waals surface area contributed by atoms with E-state index in [0.717, 1.165) is 0 Å². The molecule has 0 spiro atoms. The highest BCUT2D eigenvalue weighted by atomic mass is 79.9. The van der Waals surface area contributed by atoms with E-state index in [4.69, 9.17) is 18.9 Å². The van der Waals surface area contributed by atoms with Gasteiger partial charge >= 0.3 is 0 Å². The maximum absolute atomic E-state index is 12.7. The molecule has 0 aromatic heterocycles. The second-order valence-corrected chi connectivity index (χ2v) is 5.92. The second-order valence-electron chi connectivity index (χ2n) is 5.12. The Labute approximate surface area is 160 Å². The van der Waals surface area contributed by atoms with Crippen LogP contribution in [0.4, 0.5) is 0 Å². The van der Waals surface area contributed by atoms with Gasteiger partial charge in [0.1, 0.15) is 38.8 Å². The van der Waals surface area contributed by atoms with Gasteiger partial charge in [-0.1, -0.05) is 0 Å². The Kier molecular flexibility index (Phi) is 6.52. The number of allylic oxidation sites excluding steroid dienone is 1. The summed E-state index contributed by atoms with van der Waals surface area (Å²) >= 11 is 3.22. The zero-order chi connectivity index (χ0) is 19.3. The third-order valence-corrected chi connectivity index (χ3v) is 4.47. The van der Waals surface area contributed by atoms with Crippen LogP contribution in [-0.4, -0.2) is 39.3 Å². The lowest BCUT2D eigenvalue weighted by Crippen LogP contribution is -2.01. The van der Waals surface area contributed by atoms with Crippen LogP contribution in [0.2, 0.25) is 0 Å². The number of phenols is 1. The molecule has 0 saturated carbocycles. The second kappa shape index (κ2) is 8.62. The number of halogens is 1. The van der Waals surface area contributed by atoms with Crippen molar-refractivity contribution in [3.05, 3.63) is 45.9 Å². The Hall–Kier alpha value is -2.67. The van der Waals surface area contributed by atoms with E-state index in [0.29, 0.717) is 22.8 Å². The number of phenolic OH excluding ortho intramolecular Hbond substituents is 1. The van der Waals surface area contributed by atoms with Gasteiger partial charge in [0.15, 0.2) is 5.78 Å². The van der Waals surface area contributed by atoms with Crippen molar-refractivity contribution in [1.29, 1.82) is 0 Å². The summed E-state index contributed by atoms with van der Waals surface area (Å²) in [5.74, 6) is 1.08. The Morgan fingerprint density at radius 2 is 1.62 bits per heavy atom. The lowest BCUT2D eigenvalue weighted by molar-refractivity contribution is 0.104. The van der Waals surface area contributed by atoms with Crippen molar-refractivity contribution >= 4 is 27.8 Å². The van der Waals surface area contributed by atoms with Crippen LogP contribution >= 0.6 is 15.9 Å². The highest BCUT2D eigenvalue weighted by molar-refractivity contribution is 9.10. The molecule has 0 bridgehead atoms. The fraction of sp³-hybridized carbons (Fsp3) is 0.211. The van der Waals surface area contributed by atoms with Crippen molar-refractivity contribution in [2.45, 2.75) is 0 Å². The molecular formula is C19H19BrO6. The number of carbonyl (C=O) groups excluding carboxylic acids is 1. The molecule has 26 heavy (non-hydrogen) atoms. The number of hydrogen-bond acceptors (Lipinski definition) is 6. The minimum Gasteiger partial charge on any atom is -0.506 e. The fourth-order valence-electron chi connectivity index (χ4n) is 2.36. The average molecular weight is 423 g/mol. The number of ether oxygens (including phenoxy) is 4. The number of benzene rings is 2. The summed E-state index contributed by atoms with van der Waals surface area (Å²) in [7, 11) is 5.96. The lowest BCUT2D eigenvalue weighted by Gasteiger charge is -2.13. The predicted molar refractivity (Wildman–Crippen MR) is 102 cm³/mol. The molecule has 0 radical (unpaired) electrons. The molecule has 0 saturated heterocycles. The average Bonchev–Trinajstić information content (AvgIpc) is 2.67. The normalized spacial score (nSPS) is 10.7. The number of hydrogen-bond donors (Lipinski definition) is 1. The maximum atomic E-state index is 12.7. The molecule has 2 rings (SSSR count). The first kappa shape index (κ1) is 19.7. The van der Waals surface area contributed by atoms with Crippen LogP contribution in [0.25, 0.3) is 6.08 Å². The van der Waals surface area contributed by atoms with Gasteiger partial charge in [0.05, 0.1) is 28.4 Å². The summed E-state index contributed by atoms with van der Waals surface area (Å²) in [4.78, 5) is 12.7. The standard InChI is InChI=1S/C19H19BrO6/c1-23-12-6-8-14(24-2)11(9-12)5-7-13(21)17-15(25-3)10-16(26-4)18(20)19(17)22/h5-10,22H,1-4H3/b7-5+. The van der Waals surface area contributed by atoms with Gasteiger partial charge in [0.2, 0.25) is 0 Å². The van der Waals surface area contributed by atoms with E-state index >= 15 is 0 Å². The molecule has 0 unspecified atom stereocenters. The zero-order valence-electron chi connectivity index (χ0n) is 14.8. The molecular weight excluding hydrogens is 404 g/mol. The van der Waals surface area contributed by atoms with E-state index in [1.54, 1.807) is 31.4 Å². The molecule has 0 aliphatic rings. The van der Waals surface area contributed by atoms with Gasteiger partial charge in [-0.2, -0.15) is 0 Å². The van der Waals surface area contributed by atoms with Crippen molar-refractivity contribution < 1.29 is 28.8 Å². The number of rotatable bonds is 7. The summed E-state index contributed by atoms with van der Waals surface area (Å²) in [6.07, 6.45) is 2.91. The third-order valence-electron chi connectivity index (χ3n) is 3.71. The van der Waals surface area contributed by atoms with Crippen molar-refractivity contribution in [2.75, 3.05) is 28.4 Å². The van der Waals surface area contributed by atoms with Gasteiger partial charge in [-0.05, 0) is 46.3 Å².